The zero-order valence-electron chi connectivity index (χ0n) is 19.1. The first kappa shape index (κ1) is 26.0. The van der Waals surface area contributed by atoms with E-state index in [0.29, 0.717) is 23.7 Å². The van der Waals surface area contributed by atoms with Crippen LogP contribution in [0.25, 0.3) is 0 Å². The lowest BCUT2D eigenvalue weighted by atomic mass is 9.93. The Morgan fingerprint density at radius 2 is 1.60 bits per heavy atom. The molecule has 0 aliphatic heterocycles. The van der Waals surface area contributed by atoms with Gasteiger partial charge in [-0.15, -0.1) is 0 Å². The quantitative estimate of drug-likeness (QED) is 0.237. The minimum atomic E-state index is -4.99. The zero-order chi connectivity index (χ0) is 25.5. The Kier molecular flexibility index (Phi) is 8.34. The minimum Gasteiger partial charge on any atom is -0.494 e. The van der Waals surface area contributed by atoms with Gasteiger partial charge in [0.2, 0.25) is 0 Å². The molecule has 0 saturated carbocycles. The van der Waals surface area contributed by atoms with E-state index in [0.717, 1.165) is 13.0 Å². The molecule has 0 radical (unpaired) electrons. The molecule has 3 rings (SSSR count). The largest absolute Gasteiger partial charge is 0.494 e. The third kappa shape index (κ3) is 6.51. The third-order valence-electron chi connectivity index (χ3n) is 4.95. The van der Waals surface area contributed by atoms with Crippen LogP contribution in [0.1, 0.15) is 25.0 Å². The fourth-order valence-electron chi connectivity index (χ4n) is 3.35. The van der Waals surface area contributed by atoms with E-state index in [4.69, 9.17) is 18.9 Å². The normalized spacial score (nSPS) is 13.1. The van der Waals surface area contributed by atoms with Gasteiger partial charge in [0, 0.05) is 12.5 Å². The van der Waals surface area contributed by atoms with E-state index < -0.39 is 30.2 Å². The number of rotatable bonds is 10. The second-order valence-corrected chi connectivity index (χ2v) is 7.55. The van der Waals surface area contributed by atoms with Crippen molar-refractivity contribution in [3.63, 3.8) is 0 Å². The lowest BCUT2D eigenvalue weighted by Crippen LogP contribution is -2.49. The Hall–Kier alpha value is -3.59. The SMILES string of the molecule is CCOc1ccc(C(COCc2ccc(F)c(Oc3ccccc3)c2)(OC(C)=O)C(F)(F)F)cc1. The van der Waals surface area contributed by atoms with E-state index in [9.17, 15) is 22.4 Å². The van der Waals surface area contributed by atoms with Crippen LogP contribution in [0.15, 0.2) is 72.8 Å². The molecule has 0 amide bonds. The predicted octanol–water partition coefficient (Wildman–Crippen LogP) is 6.55. The third-order valence-corrected chi connectivity index (χ3v) is 4.95. The molecule has 0 saturated heterocycles. The van der Waals surface area contributed by atoms with E-state index in [1.807, 2.05) is 0 Å². The molecule has 0 aliphatic carbocycles. The minimum absolute atomic E-state index is 0.106. The molecule has 0 bridgehead atoms. The van der Waals surface area contributed by atoms with Crippen molar-refractivity contribution in [1.29, 1.82) is 0 Å². The molecule has 9 heteroatoms. The average molecular weight is 492 g/mol. The number of para-hydroxylation sites is 1. The second-order valence-electron chi connectivity index (χ2n) is 7.55. The van der Waals surface area contributed by atoms with Gasteiger partial charge in [0.25, 0.3) is 5.60 Å². The van der Waals surface area contributed by atoms with Gasteiger partial charge in [-0.05, 0) is 48.9 Å². The van der Waals surface area contributed by atoms with Crippen LogP contribution in [0.4, 0.5) is 17.6 Å². The summed E-state index contributed by atoms with van der Waals surface area (Å²) >= 11 is 0. The highest BCUT2D eigenvalue weighted by atomic mass is 19.4. The van der Waals surface area contributed by atoms with E-state index in [1.54, 1.807) is 37.3 Å². The molecule has 0 N–H and O–H groups in total. The number of ether oxygens (including phenoxy) is 4. The predicted molar refractivity (Wildman–Crippen MR) is 120 cm³/mol. The highest BCUT2D eigenvalue weighted by molar-refractivity contribution is 5.67. The van der Waals surface area contributed by atoms with Crippen LogP contribution in [0, 0.1) is 5.82 Å². The molecule has 186 valence electrons. The molecule has 0 fully saturated rings. The van der Waals surface area contributed by atoms with Crippen LogP contribution in [-0.2, 0) is 26.5 Å². The molecule has 0 aliphatic rings. The second kappa shape index (κ2) is 11.2. The lowest BCUT2D eigenvalue weighted by molar-refractivity contribution is -0.290. The molecule has 3 aromatic rings. The van der Waals surface area contributed by atoms with Gasteiger partial charge in [-0.1, -0.05) is 36.4 Å². The van der Waals surface area contributed by atoms with Gasteiger partial charge in [0.1, 0.15) is 18.1 Å². The summed E-state index contributed by atoms with van der Waals surface area (Å²) in [6.07, 6.45) is -4.99. The number of esters is 1. The van der Waals surface area contributed by atoms with Crippen LogP contribution in [0.3, 0.4) is 0 Å². The number of alkyl halides is 3. The van der Waals surface area contributed by atoms with Gasteiger partial charge in [-0.25, -0.2) is 4.39 Å². The molecule has 5 nitrogen and oxygen atoms in total. The summed E-state index contributed by atoms with van der Waals surface area (Å²) in [6.45, 7) is 1.64. The maximum atomic E-state index is 14.3. The van der Waals surface area contributed by atoms with Gasteiger partial charge >= 0.3 is 12.1 Å². The van der Waals surface area contributed by atoms with Crippen LogP contribution in [0.2, 0.25) is 0 Å². The number of benzene rings is 3. The van der Waals surface area contributed by atoms with E-state index >= 15 is 0 Å². The Balaban J connectivity index is 1.82. The molecule has 0 heterocycles. The highest BCUT2D eigenvalue weighted by Gasteiger charge is 2.59. The van der Waals surface area contributed by atoms with Crippen molar-refractivity contribution in [2.75, 3.05) is 13.2 Å². The van der Waals surface area contributed by atoms with Gasteiger partial charge in [-0.3, -0.25) is 4.79 Å². The molecule has 35 heavy (non-hydrogen) atoms. The van der Waals surface area contributed by atoms with Crippen LogP contribution < -0.4 is 9.47 Å². The van der Waals surface area contributed by atoms with E-state index in [2.05, 4.69) is 0 Å². The molecule has 0 spiro atoms. The van der Waals surface area contributed by atoms with Gasteiger partial charge in [0.15, 0.2) is 11.6 Å². The van der Waals surface area contributed by atoms with Crippen molar-refractivity contribution in [3.8, 4) is 17.2 Å². The van der Waals surface area contributed by atoms with Crippen molar-refractivity contribution < 1.29 is 41.3 Å². The summed E-state index contributed by atoms with van der Waals surface area (Å²) in [5.74, 6) is -1.11. The van der Waals surface area contributed by atoms with Gasteiger partial charge < -0.3 is 18.9 Å². The van der Waals surface area contributed by atoms with Gasteiger partial charge in [-0.2, -0.15) is 13.2 Å². The fourth-order valence-corrected chi connectivity index (χ4v) is 3.35. The first-order valence-electron chi connectivity index (χ1n) is 10.7. The van der Waals surface area contributed by atoms with Crippen molar-refractivity contribution in [3.05, 3.63) is 89.7 Å². The Labute approximate surface area is 200 Å². The molecule has 3 aromatic carbocycles. The molecule has 0 aromatic heterocycles. The summed E-state index contributed by atoms with van der Waals surface area (Å²) in [5, 5.41) is 0. The van der Waals surface area contributed by atoms with E-state index in [-0.39, 0.29) is 17.9 Å². The number of hydrogen-bond donors (Lipinski definition) is 0. The Morgan fingerprint density at radius 3 is 2.20 bits per heavy atom. The van der Waals surface area contributed by atoms with Crippen LogP contribution in [-0.4, -0.2) is 25.4 Å². The number of carbonyl (C=O) groups is 1. The maximum Gasteiger partial charge on any atom is 0.435 e. The zero-order valence-corrected chi connectivity index (χ0v) is 19.1. The van der Waals surface area contributed by atoms with Gasteiger partial charge in [0.05, 0.1) is 13.2 Å². The summed E-state index contributed by atoms with van der Waals surface area (Å²) in [6, 6.07) is 17.4. The van der Waals surface area contributed by atoms with Crippen molar-refractivity contribution in [1.82, 2.24) is 0 Å². The topological polar surface area (TPSA) is 54.0 Å². The van der Waals surface area contributed by atoms with Crippen LogP contribution >= 0.6 is 0 Å². The highest BCUT2D eigenvalue weighted by Crippen LogP contribution is 2.43. The Bertz CT molecular complexity index is 1120. The van der Waals surface area contributed by atoms with Crippen molar-refractivity contribution in [2.45, 2.75) is 32.2 Å². The first-order valence-corrected chi connectivity index (χ1v) is 10.7. The summed E-state index contributed by atoms with van der Waals surface area (Å²) in [4.78, 5) is 11.7. The monoisotopic (exact) mass is 492 g/mol. The number of carbonyl (C=O) groups excluding carboxylic acids is 1. The fraction of sp³-hybridized carbons (Fsp3) is 0.269. The molecular weight excluding hydrogens is 468 g/mol. The summed E-state index contributed by atoms with van der Waals surface area (Å²) in [7, 11) is 0. The summed E-state index contributed by atoms with van der Waals surface area (Å²) in [5.41, 5.74) is -3.01. The van der Waals surface area contributed by atoms with Crippen molar-refractivity contribution >= 4 is 5.97 Å². The molecular formula is C26H24F4O5. The Morgan fingerprint density at radius 1 is 0.914 bits per heavy atom. The van der Waals surface area contributed by atoms with E-state index in [1.165, 1.54) is 36.4 Å². The lowest BCUT2D eigenvalue weighted by Gasteiger charge is -2.35. The molecule has 1 atom stereocenters. The standard InChI is InChI=1S/C26H24F4O5/c1-3-33-21-12-10-20(11-13-21)25(26(28,29)30,35-18(2)31)17-32-16-19-9-14-23(27)24(15-19)34-22-7-5-4-6-8-22/h4-15H,3,16-17H2,1-2H3. The summed E-state index contributed by atoms with van der Waals surface area (Å²) < 4.78 is 78.1. The first-order chi connectivity index (χ1) is 16.6. The smallest absolute Gasteiger partial charge is 0.435 e. The number of halogens is 4. The average Bonchev–Trinajstić information content (AvgIpc) is 2.81. The maximum absolute atomic E-state index is 14.3. The molecule has 1 unspecified atom stereocenters. The number of hydrogen-bond acceptors (Lipinski definition) is 5. The van der Waals surface area contributed by atoms with Crippen molar-refractivity contribution in [2.24, 2.45) is 0 Å². The van der Waals surface area contributed by atoms with Crippen LogP contribution in [0.5, 0.6) is 17.2 Å².